The van der Waals surface area contributed by atoms with Gasteiger partial charge in [0.2, 0.25) is 5.91 Å². The molecule has 24 heavy (non-hydrogen) atoms. The van der Waals surface area contributed by atoms with Gasteiger partial charge in [0.05, 0.1) is 14.2 Å². The molecule has 0 spiro atoms. The molecule has 124 valence electrons. The number of hydrogen-bond acceptors (Lipinski definition) is 4. The van der Waals surface area contributed by atoms with Gasteiger partial charge in [0.25, 0.3) is 5.91 Å². The van der Waals surface area contributed by atoms with Crippen molar-refractivity contribution in [2.75, 3.05) is 24.9 Å². The second-order valence-electron chi connectivity index (χ2n) is 5.44. The van der Waals surface area contributed by atoms with Crippen LogP contribution in [0.3, 0.4) is 0 Å². The predicted molar refractivity (Wildman–Crippen MR) is 90.9 cm³/mol. The summed E-state index contributed by atoms with van der Waals surface area (Å²) in [4.78, 5) is 23.8. The van der Waals surface area contributed by atoms with Gasteiger partial charge in [-0.1, -0.05) is 0 Å². The van der Waals surface area contributed by atoms with E-state index in [4.69, 9.17) is 9.47 Å². The molecular formula is C18H18N2O4. The number of rotatable bonds is 4. The average molecular weight is 326 g/mol. The number of nitrogens with one attached hydrogen (secondary N) is 2. The van der Waals surface area contributed by atoms with Gasteiger partial charge in [-0.15, -0.1) is 0 Å². The van der Waals surface area contributed by atoms with Crippen molar-refractivity contribution in [1.29, 1.82) is 0 Å². The Balaban J connectivity index is 1.79. The van der Waals surface area contributed by atoms with Crippen LogP contribution in [-0.2, 0) is 11.2 Å². The number of anilines is 2. The zero-order chi connectivity index (χ0) is 17.1. The van der Waals surface area contributed by atoms with Crippen LogP contribution in [0.5, 0.6) is 11.5 Å². The van der Waals surface area contributed by atoms with Gasteiger partial charge in [-0.3, -0.25) is 9.59 Å². The number of ether oxygens (including phenoxy) is 2. The molecule has 0 aliphatic carbocycles. The van der Waals surface area contributed by atoms with Crippen molar-refractivity contribution in [2.45, 2.75) is 12.8 Å². The topological polar surface area (TPSA) is 76.7 Å². The van der Waals surface area contributed by atoms with Crippen LogP contribution in [0.2, 0.25) is 0 Å². The lowest BCUT2D eigenvalue weighted by atomic mass is 10.00. The highest BCUT2D eigenvalue weighted by Gasteiger charge is 2.17. The van der Waals surface area contributed by atoms with Gasteiger partial charge in [-0.2, -0.15) is 0 Å². The summed E-state index contributed by atoms with van der Waals surface area (Å²) < 4.78 is 10.4. The van der Waals surface area contributed by atoms with Gasteiger partial charge in [-0.05, 0) is 42.3 Å². The van der Waals surface area contributed by atoms with E-state index in [1.807, 2.05) is 6.07 Å². The third-order valence-corrected chi connectivity index (χ3v) is 3.90. The quantitative estimate of drug-likeness (QED) is 0.906. The standard InChI is InChI=1S/C18H18N2O4/c1-23-15-7-5-13(10-16(15)24-2)19-18(22)12-3-6-14-11(9-12)4-8-17(21)20-14/h3,5-7,9-10H,4,8H2,1-2H3,(H,19,22)(H,20,21). The van der Waals surface area contributed by atoms with Gasteiger partial charge in [0.15, 0.2) is 11.5 Å². The molecule has 0 bridgehead atoms. The number of aryl methyl sites for hydroxylation is 1. The molecule has 0 fully saturated rings. The van der Waals surface area contributed by atoms with Gasteiger partial charge in [-0.25, -0.2) is 0 Å². The maximum Gasteiger partial charge on any atom is 0.255 e. The lowest BCUT2D eigenvalue weighted by molar-refractivity contribution is -0.116. The van der Waals surface area contributed by atoms with Crippen molar-refractivity contribution >= 4 is 23.2 Å². The van der Waals surface area contributed by atoms with Crippen molar-refractivity contribution in [2.24, 2.45) is 0 Å². The van der Waals surface area contributed by atoms with Crippen LogP contribution >= 0.6 is 0 Å². The Kier molecular flexibility index (Phi) is 4.37. The lowest BCUT2D eigenvalue weighted by Gasteiger charge is -2.17. The second-order valence-corrected chi connectivity index (χ2v) is 5.44. The first-order chi connectivity index (χ1) is 11.6. The number of amides is 2. The Morgan fingerprint density at radius 2 is 1.83 bits per heavy atom. The summed E-state index contributed by atoms with van der Waals surface area (Å²) in [5.74, 6) is 0.926. The normalized spacial score (nSPS) is 12.8. The molecule has 1 aliphatic rings. The molecule has 0 aromatic heterocycles. The average Bonchev–Trinajstić information content (AvgIpc) is 2.61. The monoisotopic (exact) mass is 326 g/mol. The first-order valence-electron chi connectivity index (χ1n) is 7.57. The zero-order valence-corrected chi connectivity index (χ0v) is 13.5. The molecule has 0 atom stereocenters. The predicted octanol–water partition coefficient (Wildman–Crippen LogP) is 2.84. The molecule has 0 saturated carbocycles. The highest BCUT2D eigenvalue weighted by Crippen LogP contribution is 2.30. The highest BCUT2D eigenvalue weighted by molar-refractivity contribution is 6.05. The molecule has 2 amide bonds. The van der Waals surface area contributed by atoms with Crippen LogP contribution in [-0.4, -0.2) is 26.0 Å². The highest BCUT2D eigenvalue weighted by atomic mass is 16.5. The molecule has 0 unspecified atom stereocenters. The summed E-state index contributed by atoms with van der Waals surface area (Å²) in [6.07, 6.45) is 1.08. The molecule has 2 N–H and O–H groups in total. The fourth-order valence-electron chi connectivity index (χ4n) is 2.64. The van der Waals surface area contributed by atoms with Crippen LogP contribution in [0.15, 0.2) is 36.4 Å². The molecule has 1 heterocycles. The summed E-state index contributed by atoms with van der Waals surface area (Å²) >= 11 is 0. The van der Waals surface area contributed by atoms with E-state index in [0.717, 1.165) is 11.3 Å². The SMILES string of the molecule is COc1ccc(NC(=O)c2ccc3c(c2)CCC(=O)N3)cc1OC. The smallest absolute Gasteiger partial charge is 0.255 e. The maximum atomic E-state index is 12.4. The van der Waals surface area contributed by atoms with Crippen molar-refractivity contribution in [3.63, 3.8) is 0 Å². The second kappa shape index (κ2) is 6.62. The zero-order valence-electron chi connectivity index (χ0n) is 13.5. The number of methoxy groups -OCH3 is 2. The third kappa shape index (κ3) is 3.17. The van der Waals surface area contributed by atoms with E-state index in [1.165, 1.54) is 0 Å². The molecule has 2 aromatic carbocycles. The van der Waals surface area contributed by atoms with E-state index >= 15 is 0 Å². The van der Waals surface area contributed by atoms with Crippen molar-refractivity contribution in [3.8, 4) is 11.5 Å². The van der Waals surface area contributed by atoms with Crippen LogP contribution in [0.4, 0.5) is 11.4 Å². The fraction of sp³-hybridized carbons (Fsp3) is 0.222. The van der Waals surface area contributed by atoms with Crippen LogP contribution in [0.1, 0.15) is 22.3 Å². The van der Waals surface area contributed by atoms with E-state index in [9.17, 15) is 9.59 Å². The summed E-state index contributed by atoms with van der Waals surface area (Å²) in [5.41, 5.74) is 2.90. The Hall–Kier alpha value is -3.02. The number of hydrogen-bond donors (Lipinski definition) is 2. The first-order valence-corrected chi connectivity index (χ1v) is 7.57. The number of fused-ring (bicyclic) bond motifs is 1. The van der Waals surface area contributed by atoms with E-state index < -0.39 is 0 Å². The number of carbonyl (C=O) groups is 2. The third-order valence-electron chi connectivity index (χ3n) is 3.90. The molecular weight excluding hydrogens is 308 g/mol. The fourth-order valence-corrected chi connectivity index (χ4v) is 2.64. The summed E-state index contributed by atoms with van der Waals surface area (Å²) in [5, 5.41) is 5.64. The minimum absolute atomic E-state index is 0.00466. The Morgan fingerprint density at radius 3 is 2.58 bits per heavy atom. The molecule has 0 saturated heterocycles. The molecule has 2 aromatic rings. The first kappa shape index (κ1) is 15.9. The van der Waals surface area contributed by atoms with Gasteiger partial charge >= 0.3 is 0 Å². The van der Waals surface area contributed by atoms with Crippen LogP contribution < -0.4 is 20.1 Å². The summed E-state index contributed by atoms with van der Waals surface area (Å²) in [6, 6.07) is 10.4. The molecule has 0 radical (unpaired) electrons. The van der Waals surface area contributed by atoms with Gasteiger partial charge in [0.1, 0.15) is 0 Å². The minimum atomic E-state index is -0.220. The Morgan fingerprint density at radius 1 is 1.04 bits per heavy atom. The minimum Gasteiger partial charge on any atom is -0.493 e. The molecule has 6 nitrogen and oxygen atoms in total. The molecule has 6 heteroatoms. The van der Waals surface area contributed by atoms with E-state index in [-0.39, 0.29) is 11.8 Å². The summed E-state index contributed by atoms with van der Waals surface area (Å²) in [6.45, 7) is 0. The maximum absolute atomic E-state index is 12.4. The largest absolute Gasteiger partial charge is 0.493 e. The van der Waals surface area contributed by atoms with Crippen molar-refractivity contribution < 1.29 is 19.1 Å². The van der Waals surface area contributed by atoms with Gasteiger partial charge in [0, 0.05) is 29.4 Å². The van der Waals surface area contributed by atoms with Crippen molar-refractivity contribution in [3.05, 3.63) is 47.5 Å². The Labute approximate surface area is 139 Å². The van der Waals surface area contributed by atoms with E-state index in [0.29, 0.717) is 35.6 Å². The number of carbonyl (C=O) groups excluding carboxylic acids is 2. The van der Waals surface area contributed by atoms with Crippen LogP contribution in [0.25, 0.3) is 0 Å². The van der Waals surface area contributed by atoms with E-state index in [2.05, 4.69) is 10.6 Å². The van der Waals surface area contributed by atoms with E-state index in [1.54, 1.807) is 44.6 Å². The van der Waals surface area contributed by atoms with Crippen LogP contribution in [0, 0.1) is 0 Å². The number of benzene rings is 2. The molecule has 3 rings (SSSR count). The molecule has 1 aliphatic heterocycles. The summed E-state index contributed by atoms with van der Waals surface area (Å²) in [7, 11) is 3.10. The lowest BCUT2D eigenvalue weighted by Crippen LogP contribution is -2.20. The van der Waals surface area contributed by atoms with Crippen molar-refractivity contribution in [1.82, 2.24) is 0 Å². The Bertz CT molecular complexity index is 802. The van der Waals surface area contributed by atoms with Gasteiger partial charge < -0.3 is 20.1 Å².